The molecule has 4 fully saturated rings. The predicted octanol–water partition coefficient (Wildman–Crippen LogP) is 4.09. The third-order valence-electron chi connectivity index (χ3n) is 9.80. The summed E-state index contributed by atoms with van der Waals surface area (Å²) < 4.78 is 11.3. The summed E-state index contributed by atoms with van der Waals surface area (Å²) in [4.78, 5) is 2.71. The van der Waals surface area contributed by atoms with Gasteiger partial charge in [0, 0.05) is 23.4 Å². The molecule has 0 radical (unpaired) electrons. The van der Waals surface area contributed by atoms with Gasteiger partial charge in [-0.25, -0.2) is 0 Å². The molecule has 4 bridgehead atoms. The van der Waals surface area contributed by atoms with E-state index in [0.29, 0.717) is 24.9 Å². The number of nitrogens with zero attached hydrogens (tertiary/aromatic N) is 1. The minimum atomic E-state index is -0.832. The highest BCUT2D eigenvalue weighted by Gasteiger charge is 2.67. The second-order valence-electron chi connectivity index (χ2n) is 11.8. The first-order valence-electron chi connectivity index (χ1n) is 14.1. The Hall–Kier alpha value is -1.18. The minimum Gasteiger partial charge on any atom is -0.497 e. The van der Waals surface area contributed by atoms with Crippen molar-refractivity contribution in [3.05, 3.63) is 29.8 Å². The van der Waals surface area contributed by atoms with E-state index < -0.39 is 6.29 Å². The molecule has 0 aromatic heterocycles. The number of methoxy groups -OCH3 is 1. The minimum absolute atomic E-state index is 0.0833. The molecular formula is C29H46N2O4. The van der Waals surface area contributed by atoms with Crippen LogP contribution in [-0.2, 0) is 11.3 Å². The number of aliphatic hydroxyl groups excluding tert-OH is 2. The van der Waals surface area contributed by atoms with Crippen molar-refractivity contribution < 1.29 is 19.7 Å². The fraction of sp³-hybridized carbons (Fsp3) is 0.793. The van der Waals surface area contributed by atoms with Crippen molar-refractivity contribution in [1.82, 2.24) is 10.2 Å². The monoisotopic (exact) mass is 486 g/mol. The van der Waals surface area contributed by atoms with E-state index in [0.717, 1.165) is 43.8 Å². The summed E-state index contributed by atoms with van der Waals surface area (Å²) in [6.07, 6.45) is 12.2. The highest BCUT2D eigenvalue weighted by Crippen LogP contribution is 2.59. The van der Waals surface area contributed by atoms with Crippen LogP contribution in [0.1, 0.15) is 76.2 Å². The second kappa shape index (κ2) is 11.1. The summed E-state index contributed by atoms with van der Waals surface area (Å²) >= 11 is 0. The maximum absolute atomic E-state index is 11.2. The Balaban J connectivity index is 1.37. The van der Waals surface area contributed by atoms with E-state index >= 15 is 0 Å². The van der Waals surface area contributed by atoms with Crippen LogP contribution in [0.4, 0.5) is 0 Å². The number of hydrogen-bond donors (Lipinski definition) is 3. The molecule has 35 heavy (non-hydrogen) atoms. The van der Waals surface area contributed by atoms with Gasteiger partial charge in [-0.1, -0.05) is 50.7 Å². The molecule has 1 aromatic rings. The summed E-state index contributed by atoms with van der Waals surface area (Å²) in [7, 11) is 1.67. The number of aliphatic hydroxyl groups is 2. The Morgan fingerprint density at radius 2 is 1.80 bits per heavy atom. The molecule has 3 N–H and O–H groups in total. The van der Waals surface area contributed by atoms with Gasteiger partial charge in [0.2, 0.25) is 0 Å². The summed E-state index contributed by atoms with van der Waals surface area (Å²) in [6, 6.07) is 8.11. The maximum Gasteiger partial charge on any atom is 0.156 e. The van der Waals surface area contributed by atoms with E-state index in [2.05, 4.69) is 10.2 Å². The third-order valence-corrected chi connectivity index (χ3v) is 9.80. The number of hydrogen-bond acceptors (Lipinski definition) is 6. The average Bonchev–Trinajstić information content (AvgIpc) is 3.13. The molecule has 1 unspecified atom stereocenters. The van der Waals surface area contributed by atoms with Gasteiger partial charge >= 0.3 is 0 Å². The van der Waals surface area contributed by atoms with Gasteiger partial charge in [0.15, 0.2) is 6.29 Å². The highest BCUT2D eigenvalue weighted by molar-refractivity contribution is 5.27. The van der Waals surface area contributed by atoms with Crippen molar-refractivity contribution >= 4 is 0 Å². The zero-order chi connectivity index (χ0) is 24.3. The first-order valence-corrected chi connectivity index (χ1v) is 14.1. The van der Waals surface area contributed by atoms with Crippen molar-refractivity contribution in [3.8, 4) is 5.75 Å². The maximum atomic E-state index is 11.2. The van der Waals surface area contributed by atoms with Gasteiger partial charge < -0.3 is 25.0 Å². The normalized spacial score (nSPS) is 36.7. The van der Waals surface area contributed by atoms with Gasteiger partial charge in [-0.2, -0.15) is 0 Å². The fourth-order valence-corrected chi connectivity index (χ4v) is 8.33. The van der Waals surface area contributed by atoms with E-state index in [4.69, 9.17) is 9.47 Å². The summed E-state index contributed by atoms with van der Waals surface area (Å²) in [5.74, 6) is 1.96. The van der Waals surface area contributed by atoms with Crippen molar-refractivity contribution in [2.75, 3.05) is 33.4 Å². The molecule has 6 atom stereocenters. The van der Waals surface area contributed by atoms with Crippen molar-refractivity contribution in [2.24, 2.45) is 17.3 Å². The van der Waals surface area contributed by atoms with E-state index in [9.17, 15) is 10.2 Å². The van der Waals surface area contributed by atoms with Gasteiger partial charge in [-0.3, -0.25) is 4.90 Å². The molecule has 3 saturated heterocycles. The lowest BCUT2D eigenvalue weighted by Crippen LogP contribution is -2.74. The van der Waals surface area contributed by atoms with Crippen LogP contribution >= 0.6 is 0 Å². The molecule has 6 heteroatoms. The number of benzene rings is 1. The summed E-state index contributed by atoms with van der Waals surface area (Å²) in [6.45, 7) is 3.87. The summed E-state index contributed by atoms with van der Waals surface area (Å²) in [5, 5.41) is 26.1. The summed E-state index contributed by atoms with van der Waals surface area (Å²) in [5.41, 5.74) is 0.761. The molecule has 1 aromatic carbocycles. The Morgan fingerprint density at radius 3 is 2.54 bits per heavy atom. The average molecular weight is 487 g/mol. The van der Waals surface area contributed by atoms with E-state index in [1.54, 1.807) is 7.11 Å². The number of rotatable bonds is 7. The topological polar surface area (TPSA) is 74.2 Å². The molecule has 3 heterocycles. The highest BCUT2D eigenvalue weighted by atomic mass is 16.6. The lowest BCUT2D eigenvalue weighted by atomic mass is 9.51. The first kappa shape index (κ1) is 25.5. The van der Waals surface area contributed by atoms with Crippen LogP contribution in [0.25, 0.3) is 0 Å². The van der Waals surface area contributed by atoms with Gasteiger partial charge in [0.05, 0.1) is 20.3 Å². The fourth-order valence-electron chi connectivity index (χ4n) is 8.33. The first-order chi connectivity index (χ1) is 17.1. The van der Waals surface area contributed by atoms with Gasteiger partial charge in [0.25, 0.3) is 0 Å². The smallest absolute Gasteiger partial charge is 0.156 e. The molecule has 0 spiro atoms. The van der Waals surface area contributed by atoms with Crippen LogP contribution in [0.15, 0.2) is 24.3 Å². The number of piperidine rings is 1. The Kier molecular flexibility index (Phi) is 8.05. The molecule has 5 rings (SSSR count). The Morgan fingerprint density at radius 1 is 1.06 bits per heavy atom. The lowest BCUT2D eigenvalue weighted by molar-refractivity contribution is -0.173. The third kappa shape index (κ3) is 5.02. The molecule has 4 aliphatic rings. The Labute approximate surface area is 211 Å². The van der Waals surface area contributed by atoms with Crippen molar-refractivity contribution in [3.63, 3.8) is 0 Å². The van der Waals surface area contributed by atoms with E-state index in [-0.39, 0.29) is 23.6 Å². The van der Waals surface area contributed by atoms with Gasteiger partial charge in [0.1, 0.15) is 5.75 Å². The molecule has 3 aliphatic heterocycles. The molecule has 196 valence electrons. The largest absolute Gasteiger partial charge is 0.497 e. The number of nitrogens with one attached hydrogen (secondary N) is 1. The quantitative estimate of drug-likeness (QED) is 0.504. The van der Waals surface area contributed by atoms with Crippen LogP contribution in [0.3, 0.4) is 0 Å². The zero-order valence-electron chi connectivity index (χ0n) is 21.6. The lowest BCUT2D eigenvalue weighted by Gasteiger charge is -2.63. The van der Waals surface area contributed by atoms with Crippen LogP contribution in [0.5, 0.6) is 5.75 Å². The molecule has 0 amide bonds. The van der Waals surface area contributed by atoms with Crippen molar-refractivity contribution in [1.29, 1.82) is 0 Å². The van der Waals surface area contributed by atoms with Gasteiger partial charge in [-0.05, 0) is 74.8 Å². The molecule has 1 saturated carbocycles. The molecule has 1 aliphatic carbocycles. The SMILES string of the molecule is COc1ccc(CO[C@H](O)C[C@@]23NC[C@H]4C[C@]5(CO)CCCCCCCCCN(CCC42)[C@@H]53)cc1. The van der Waals surface area contributed by atoms with Crippen LogP contribution < -0.4 is 10.1 Å². The predicted molar refractivity (Wildman–Crippen MR) is 137 cm³/mol. The molecular weight excluding hydrogens is 440 g/mol. The second-order valence-corrected chi connectivity index (χ2v) is 11.8. The van der Waals surface area contributed by atoms with E-state index in [1.165, 1.54) is 51.4 Å². The standard InChI is InChI=1S/C29H46N2O4/c1-34-24-11-9-22(10-12-24)20-35-26(33)18-29-25-13-16-31-15-8-6-4-2-3-5-7-14-28(21-32,27(29)31)17-23(25)19-30-29/h9-12,23,25-27,30,32-33H,2-8,13-21H2,1H3/t23-,25?,26+,27+,28+,29-/m1/s1. The van der Waals surface area contributed by atoms with Crippen LogP contribution in [0.2, 0.25) is 0 Å². The van der Waals surface area contributed by atoms with Crippen LogP contribution in [0, 0.1) is 17.3 Å². The van der Waals surface area contributed by atoms with Crippen molar-refractivity contribution in [2.45, 2.75) is 95.1 Å². The molecule has 6 nitrogen and oxygen atoms in total. The van der Waals surface area contributed by atoms with E-state index in [1.807, 2.05) is 24.3 Å². The Bertz CT molecular complexity index is 819. The number of ether oxygens (including phenoxy) is 2. The van der Waals surface area contributed by atoms with Gasteiger partial charge in [-0.15, -0.1) is 0 Å². The zero-order valence-corrected chi connectivity index (χ0v) is 21.6. The van der Waals surface area contributed by atoms with Crippen LogP contribution in [-0.4, -0.2) is 66.3 Å².